The van der Waals surface area contributed by atoms with Crippen LogP contribution in [0.15, 0.2) is 10.7 Å². The molecule has 6 nitrogen and oxygen atoms in total. The van der Waals surface area contributed by atoms with Crippen molar-refractivity contribution >= 4 is 5.97 Å². The van der Waals surface area contributed by atoms with Gasteiger partial charge >= 0.3 is 5.97 Å². The molecule has 0 bridgehead atoms. The summed E-state index contributed by atoms with van der Waals surface area (Å²) in [6.07, 6.45) is 4.09. The topological polar surface area (TPSA) is 92.3 Å². The molecule has 0 aliphatic rings. The van der Waals surface area contributed by atoms with Crippen LogP contribution in [-0.4, -0.2) is 11.1 Å². The van der Waals surface area contributed by atoms with Crippen molar-refractivity contribution < 1.29 is 19.1 Å². The summed E-state index contributed by atoms with van der Waals surface area (Å²) in [6.45, 7) is 0.669. The smallest absolute Gasteiger partial charge is 0.303 e. The number of nitrogens with one attached hydrogen (secondary N) is 1. The Labute approximate surface area is 80.6 Å². The fraction of sp³-hybridized carbons (Fsp3) is 0.625. The van der Waals surface area contributed by atoms with Gasteiger partial charge in [0, 0.05) is 12.8 Å². The van der Waals surface area contributed by atoms with Crippen LogP contribution in [0.3, 0.4) is 0 Å². The molecule has 1 rings (SSSR count). The quantitative estimate of drug-likeness (QED) is 0.483. The molecule has 1 heterocycles. The first kappa shape index (κ1) is 10.5. The Morgan fingerprint density at radius 2 is 2.36 bits per heavy atom. The van der Waals surface area contributed by atoms with E-state index < -0.39 is 5.97 Å². The second-order valence-corrected chi connectivity index (χ2v) is 3.03. The highest BCUT2D eigenvalue weighted by atomic mass is 16.5. The Kier molecular flexibility index (Phi) is 3.90. The summed E-state index contributed by atoms with van der Waals surface area (Å²) < 4.78 is 6.09. The van der Waals surface area contributed by atoms with Gasteiger partial charge < -0.3 is 9.63 Å². The van der Waals surface area contributed by atoms with E-state index >= 15 is 0 Å². The Morgan fingerprint density at radius 3 is 2.93 bits per heavy atom. The fourth-order valence-electron chi connectivity index (χ4n) is 1.11. The van der Waals surface area contributed by atoms with Gasteiger partial charge in [-0.25, -0.2) is 4.68 Å². The number of carbonyl (C=O) groups is 1. The van der Waals surface area contributed by atoms with Crippen LogP contribution < -0.4 is 15.5 Å². The summed E-state index contributed by atoms with van der Waals surface area (Å²) in [5.41, 5.74) is 0.0375. The number of nitrogens with zero attached hydrogens (tertiary/aromatic N) is 2. The Bertz CT molecular complexity index is 342. The molecule has 0 radical (unpaired) electrons. The summed E-state index contributed by atoms with van der Waals surface area (Å²) >= 11 is 0. The molecule has 1 aromatic heterocycles. The zero-order valence-electron chi connectivity index (χ0n) is 7.77. The van der Waals surface area contributed by atoms with Crippen molar-refractivity contribution in [2.24, 2.45) is 0 Å². The third-order valence-corrected chi connectivity index (χ3v) is 1.79. The molecule has 0 spiro atoms. The number of rotatable bonds is 6. The summed E-state index contributed by atoms with van der Waals surface area (Å²) in [5, 5.41) is 19.0. The molecule has 0 fully saturated rings. The van der Waals surface area contributed by atoms with E-state index in [0.717, 1.165) is 12.8 Å². The highest BCUT2D eigenvalue weighted by molar-refractivity contribution is 5.66. The monoisotopic (exact) mass is 199 g/mol. The minimum Gasteiger partial charge on any atom is -0.487 e. The van der Waals surface area contributed by atoms with E-state index in [1.807, 2.05) is 0 Å². The van der Waals surface area contributed by atoms with Crippen LogP contribution in [0.2, 0.25) is 0 Å². The summed E-state index contributed by atoms with van der Waals surface area (Å²) in [4.78, 5) is 10.2. The second kappa shape index (κ2) is 5.21. The zero-order chi connectivity index (χ0) is 10.4. The van der Waals surface area contributed by atoms with Crippen LogP contribution in [0, 0.1) is 5.41 Å². The molecule has 78 valence electrons. The van der Waals surface area contributed by atoms with Gasteiger partial charge in [-0.15, -0.1) is 0 Å². The first-order valence-electron chi connectivity index (χ1n) is 4.48. The molecule has 1 aromatic rings. The number of aryl methyl sites for hydroxylation is 1. The van der Waals surface area contributed by atoms with Crippen LogP contribution in [0.4, 0.5) is 0 Å². The molecule has 0 amide bonds. The lowest BCUT2D eigenvalue weighted by atomic mass is 10.2. The lowest BCUT2D eigenvalue weighted by molar-refractivity contribution is -0.767. The van der Waals surface area contributed by atoms with Crippen LogP contribution in [0.1, 0.15) is 25.7 Å². The van der Waals surface area contributed by atoms with Crippen molar-refractivity contribution in [2.75, 3.05) is 0 Å². The molecule has 0 saturated carbocycles. The Morgan fingerprint density at radius 1 is 1.57 bits per heavy atom. The standard InChI is InChI=1S/C8H13N3O3/c9-7-6-11(10-14-7)5-3-1-2-4-8(12)13/h6,9H,1-5H2,(H,12,13). The van der Waals surface area contributed by atoms with Gasteiger partial charge in [-0.05, 0) is 12.8 Å². The van der Waals surface area contributed by atoms with Crippen LogP contribution in [-0.2, 0) is 11.3 Å². The molecule has 0 atom stereocenters. The van der Waals surface area contributed by atoms with Gasteiger partial charge in [0.05, 0.1) is 0 Å². The summed E-state index contributed by atoms with van der Waals surface area (Å²) in [7, 11) is 0. The molecule has 0 aromatic carbocycles. The first-order valence-corrected chi connectivity index (χ1v) is 4.48. The molecule has 0 saturated heterocycles. The number of unbranched alkanes of at least 4 members (excludes halogenated alkanes) is 2. The number of hydrogen-bond acceptors (Lipinski definition) is 3. The predicted octanol–water partition coefficient (Wildman–Crippen LogP) is -0.351. The largest absolute Gasteiger partial charge is 0.487 e. The SMILES string of the molecule is N=c1c[n+](CCCCCC(=O)O)[n-]o1. The minimum absolute atomic E-state index is 0.0375. The van der Waals surface area contributed by atoms with Gasteiger partial charge in [0.2, 0.25) is 6.20 Å². The second-order valence-electron chi connectivity index (χ2n) is 3.03. The average molecular weight is 199 g/mol. The van der Waals surface area contributed by atoms with E-state index in [-0.39, 0.29) is 12.0 Å². The van der Waals surface area contributed by atoms with Gasteiger partial charge in [0.15, 0.2) is 0 Å². The summed E-state index contributed by atoms with van der Waals surface area (Å²) in [5.74, 6) is -0.757. The predicted molar refractivity (Wildman–Crippen MR) is 44.2 cm³/mol. The van der Waals surface area contributed by atoms with E-state index in [4.69, 9.17) is 10.5 Å². The number of aromatic nitrogens is 2. The molecule has 0 aliphatic heterocycles. The highest BCUT2D eigenvalue weighted by Crippen LogP contribution is 1.98. The van der Waals surface area contributed by atoms with E-state index in [9.17, 15) is 4.79 Å². The van der Waals surface area contributed by atoms with Gasteiger partial charge in [0.25, 0.3) is 5.55 Å². The first-order chi connectivity index (χ1) is 6.68. The number of aliphatic carboxylic acids is 1. The Balaban J connectivity index is 2.10. The number of carboxylic acid groups (broad SMARTS) is 1. The third kappa shape index (κ3) is 3.88. The maximum absolute atomic E-state index is 10.2. The van der Waals surface area contributed by atoms with E-state index in [0.29, 0.717) is 13.0 Å². The third-order valence-electron chi connectivity index (χ3n) is 1.79. The van der Waals surface area contributed by atoms with Gasteiger partial charge in [-0.3, -0.25) is 15.5 Å². The van der Waals surface area contributed by atoms with Gasteiger partial charge in [-0.2, -0.15) is 0 Å². The fourth-order valence-corrected chi connectivity index (χ4v) is 1.11. The van der Waals surface area contributed by atoms with Crippen LogP contribution in [0.5, 0.6) is 0 Å². The molecule has 2 N–H and O–H groups in total. The van der Waals surface area contributed by atoms with E-state index in [2.05, 4.69) is 9.79 Å². The average Bonchev–Trinajstić information content (AvgIpc) is 2.50. The summed E-state index contributed by atoms with van der Waals surface area (Å²) in [6, 6.07) is 0. The van der Waals surface area contributed by atoms with E-state index in [1.165, 1.54) is 6.20 Å². The molecular formula is C8H13N3O3. The number of carboxylic acids is 1. The van der Waals surface area contributed by atoms with Gasteiger partial charge in [0.1, 0.15) is 6.54 Å². The highest BCUT2D eigenvalue weighted by Gasteiger charge is 1.99. The molecule has 6 heteroatoms. The van der Waals surface area contributed by atoms with Gasteiger partial charge in [-0.1, -0.05) is 0 Å². The van der Waals surface area contributed by atoms with Crippen LogP contribution in [0.25, 0.3) is 0 Å². The van der Waals surface area contributed by atoms with Crippen molar-refractivity contribution in [3.8, 4) is 0 Å². The zero-order valence-corrected chi connectivity index (χ0v) is 7.77. The maximum atomic E-state index is 10.2. The number of hydrogen-bond donors (Lipinski definition) is 2. The van der Waals surface area contributed by atoms with Crippen molar-refractivity contribution in [2.45, 2.75) is 32.2 Å². The van der Waals surface area contributed by atoms with Crippen LogP contribution >= 0.6 is 0 Å². The van der Waals surface area contributed by atoms with Crippen molar-refractivity contribution in [3.63, 3.8) is 0 Å². The lowest BCUT2D eigenvalue weighted by Gasteiger charge is -1.97. The molecule has 14 heavy (non-hydrogen) atoms. The minimum atomic E-state index is -0.757. The molecule has 0 aliphatic carbocycles. The van der Waals surface area contributed by atoms with Crippen molar-refractivity contribution in [1.82, 2.24) is 5.27 Å². The Hall–Kier alpha value is -1.59. The van der Waals surface area contributed by atoms with Crippen molar-refractivity contribution in [1.29, 1.82) is 5.41 Å². The lowest BCUT2D eigenvalue weighted by Crippen LogP contribution is -2.37. The van der Waals surface area contributed by atoms with E-state index in [1.54, 1.807) is 4.68 Å². The van der Waals surface area contributed by atoms with Crippen molar-refractivity contribution in [3.05, 3.63) is 11.8 Å². The molecule has 0 unspecified atom stereocenters. The molecular weight excluding hydrogens is 186 g/mol. The maximum Gasteiger partial charge on any atom is 0.303 e. The normalized spacial score (nSPS) is 10.3.